The highest BCUT2D eigenvalue weighted by Crippen LogP contribution is 2.29. The van der Waals surface area contributed by atoms with Gasteiger partial charge in [0.15, 0.2) is 0 Å². The van der Waals surface area contributed by atoms with Gasteiger partial charge in [-0.2, -0.15) is 0 Å². The summed E-state index contributed by atoms with van der Waals surface area (Å²) in [5.41, 5.74) is -4.16. The average molecular weight is 498 g/mol. The molecule has 182 valence electrons. The summed E-state index contributed by atoms with van der Waals surface area (Å²) in [6, 6.07) is 9.34. The van der Waals surface area contributed by atoms with Crippen molar-refractivity contribution in [3.05, 3.63) is 112 Å². The van der Waals surface area contributed by atoms with E-state index in [0.29, 0.717) is 12.1 Å². The molecule has 0 saturated heterocycles. The fourth-order valence-electron chi connectivity index (χ4n) is 2.84. The zero-order chi connectivity index (χ0) is 26.6. The van der Waals surface area contributed by atoms with Gasteiger partial charge in [0.05, 0.1) is 31.8 Å². The van der Waals surface area contributed by atoms with Crippen LogP contribution in [0.3, 0.4) is 0 Å². The molecule has 36 heavy (non-hydrogen) atoms. The molecule has 0 saturated carbocycles. The molecule has 3 rings (SSSR count). The molecule has 16 heteroatoms. The Labute approximate surface area is 197 Å². The highest BCUT2D eigenvalue weighted by Gasteiger charge is 2.27. The Morgan fingerprint density at radius 3 is 1.28 bits per heavy atom. The lowest BCUT2D eigenvalue weighted by atomic mass is 10.1. The number of non-ortho nitro benzene ring substituents is 2. The fraction of sp³-hybridized carbons (Fsp3) is 0. The molecule has 0 heterocycles. The molecule has 0 aliphatic heterocycles. The molecule has 0 unspecified atom stereocenters. The van der Waals surface area contributed by atoms with Crippen LogP contribution in [0.15, 0.2) is 60.7 Å². The van der Waals surface area contributed by atoms with Crippen LogP contribution in [0.25, 0.3) is 0 Å². The molecule has 3 aromatic rings. The largest absolute Gasteiger partial charge is 0.423 e. The van der Waals surface area contributed by atoms with Gasteiger partial charge < -0.3 is 9.47 Å². The lowest BCUT2D eigenvalue weighted by Crippen LogP contribution is -2.13. The van der Waals surface area contributed by atoms with Gasteiger partial charge in [0, 0.05) is 18.2 Å². The zero-order valence-corrected chi connectivity index (χ0v) is 17.5. The zero-order valence-electron chi connectivity index (χ0n) is 17.5. The van der Waals surface area contributed by atoms with Crippen molar-refractivity contribution in [2.75, 3.05) is 0 Å². The SMILES string of the molecule is O=C(Oc1cccc(OC(=O)c2ccc([N+](=O)[O-])cc2[N+](=O)[O-])c1)c1ccc([N+](=O)[O-])cc1[N+](=O)[O-]. The molecular weight excluding hydrogens is 488 g/mol. The Balaban J connectivity index is 1.84. The first-order valence-electron chi connectivity index (χ1n) is 9.38. The molecule has 16 nitrogen and oxygen atoms in total. The minimum atomic E-state index is -1.24. The van der Waals surface area contributed by atoms with E-state index in [9.17, 15) is 50.0 Å². The first-order chi connectivity index (χ1) is 17.0. The highest BCUT2D eigenvalue weighted by atomic mass is 16.6. The number of nitro benzene ring substituents is 4. The molecule has 0 spiro atoms. The molecule has 0 bridgehead atoms. The predicted octanol–water partition coefficient (Wildman–Crippen LogP) is 3.76. The smallest absolute Gasteiger partial charge is 0.350 e. The monoisotopic (exact) mass is 498 g/mol. The number of hydrogen-bond acceptors (Lipinski definition) is 12. The average Bonchev–Trinajstić information content (AvgIpc) is 2.83. The van der Waals surface area contributed by atoms with Crippen LogP contribution in [-0.2, 0) is 0 Å². The van der Waals surface area contributed by atoms with Crippen molar-refractivity contribution in [2.24, 2.45) is 0 Å². The first kappa shape index (κ1) is 24.8. The Bertz CT molecular complexity index is 1350. The van der Waals surface area contributed by atoms with Crippen LogP contribution in [0.5, 0.6) is 11.5 Å². The molecular formula is C20H10N4O12. The molecule has 0 atom stereocenters. The van der Waals surface area contributed by atoms with E-state index < -0.39 is 65.5 Å². The summed E-state index contributed by atoms with van der Waals surface area (Å²) < 4.78 is 10.1. The maximum atomic E-state index is 12.4. The number of hydrogen-bond donors (Lipinski definition) is 0. The summed E-state index contributed by atoms with van der Waals surface area (Å²) in [6.07, 6.45) is 0. The minimum Gasteiger partial charge on any atom is -0.423 e. The van der Waals surface area contributed by atoms with Gasteiger partial charge in [0.25, 0.3) is 22.7 Å². The molecule has 0 radical (unpaired) electrons. The van der Waals surface area contributed by atoms with Crippen molar-refractivity contribution in [3.63, 3.8) is 0 Å². The first-order valence-corrected chi connectivity index (χ1v) is 9.38. The van der Waals surface area contributed by atoms with Crippen molar-refractivity contribution < 1.29 is 38.8 Å². The summed E-state index contributed by atoms with van der Waals surface area (Å²) in [6.45, 7) is 0. The predicted molar refractivity (Wildman–Crippen MR) is 116 cm³/mol. The lowest BCUT2D eigenvalue weighted by Gasteiger charge is -2.08. The van der Waals surface area contributed by atoms with Gasteiger partial charge in [-0.05, 0) is 24.3 Å². The van der Waals surface area contributed by atoms with E-state index in [1.54, 1.807) is 0 Å². The lowest BCUT2D eigenvalue weighted by molar-refractivity contribution is -0.394. The number of carbonyl (C=O) groups is 2. The van der Waals surface area contributed by atoms with Crippen molar-refractivity contribution in [1.29, 1.82) is 0 Å². The molecule has 0 aliphatic rings. The topological polar surface area (TPSA) is 225 Å². The van der Waals surface area contributed by atoms with Crippen molar-refractivity contribution in [3.8, 4) is 11.5 Å². The van der Waals surface area contributed by atoms with Gasteiger partial charge in [-0.3, -0.25) is 40.5 Å². The third-order valence-electron chi connectivity index (χ3n) is 4.44. The third kappa shape index (κ3) is 5.39. The van der Waals surface area contributed by atoms with Gasteiger partial charge in [0.2, 0.25) is 0 Å². The van der Waals surface area contributed by atoms with Gasteiger partial charge in [-0.15, -0.1) is 0 Å². The van der Waals surface area contributed by atoms with Gasteiger partial charge in [-0.1, -0.05) is 6.07 Å². The van der Waals surface area contributed by atoms with Gasteiger partial charge >= 0.3 is 11.9 Å². The second kappa shape index (κ2) is 10.00. The Morgan fingerprint density at radius 1 is 0.556 bits per heavy atom. The fourth-order valence-corrected chi connectivity index (χ4v) is 2.84. The molecule has 0 amide bonds. The van der Waals surface area contributed by atoms with Gasteiger partial charge in [0.1, 0.15) is 22.6 Å². The van der Waals surface area contributed by atoms with E-state index in [1.807, 2.05) is 0 Å². The summed E-state index contributed by atoms with van der Waals surface area (Å²) in [5, 5.41) is 44.1. The van der Waals surface area contributed by atoms with E-state index in [0.717, 1.165) is 30.3 Å². The van der Waals surface area contributed by atoms with Crippen molar-refractivity contribution in [1.82, 2.24) is 0 Å². The number of nitrogens with zero attached hydrogens (tertiary/aromatic N) is 4. The maximum absolute atomic E-state index is 12.4. The van der Waals surface area contributed by atoms with E-state index in [2.05, 4.69) is 0 Å². The highest BCUT2D eigenvalue weighted by molar-refractivity contribution is 5.96. The molecule has 0 fully saturated rings. The van der Waals surface area contributed by atoms with Crippen LogP contribution in [0, 0.1) is 40.5 Å². The Morgan fingerprint density at radius 2 is 0.944 bits per heavy atom. The van der Waals surface area contributed by atoms with E-state index in [4.69, 9.17) is 9.47 Å². The minimum absolute atomic E-state index is 0.254. The second-order valence-electron chi connectivity index (χ2n) is 6.69. The second-order valence-corrected chi connectivity index (χ2v) is 6.69. The number of carbonyl (C=O) groups excluding carboxylic acids is 2. The Kier molecular flexibility index (Phi) is 6.90. The van der Waals surface area contributed by atoms with Crippen LogP contribution in [0.4, 0.5) is 22.7 Å². The van der Waals surface area contributed by atoms with E-state index >= 15 is 0 Å². The number of esters is 2. The number of nitro groups is 4. The van der Waals surface area contributed by atoms with Crippen LogP contribution in [0.2, 0.25) is 0 Å². The van der Waals surface area contributed by atoms with Crippen LogP contribution in [0.1, 0.15) is 20.7 Å². The maximum Gasteiger partial charge on any atom is 0.350 e. The molecule has 0 N–H and O–H groups in total. The number of ether oxygens (including phenoxy) is 2. The quantitative estimate of drug-likeness (QED) is 0.187. The molecule has 0 aromatic heterocycles. The summed E-state index contributed by atoms with van der Waals surface area (Å²) >= 11 is 0. The third-order valence-corrected chi connectivity index (χ3v) is 4.44. The molecule has 3 aromatic carbocycles. The standard InChI is InChI=1S/C20H10N4O12/c25-19(15-6-4-11(21(27)28)8-17(15)23(31)32)35-13-2-1-3-14(10-13)36-20(26)16-7-5-12(22(29)30)9-18(16)24(33)34/h1-10H. The van der Waals surface area contributed by atoms with Crippen LogP contribution < -0.4 is 9.47 Å². The summed E-state index contributed by atoms with van der Waals surface area (Å²) in [4.78, 5) is 65.3. The van der Waals surface area contributed by atoms with Crippen molar-refractivity contribution in [2.45, 2.75) is 0 Å². The Hall–Kier alpha value is -5.80. The number of benzene rings is 3. The molecule has 0 aliphatic carbocycles. The van der Waals surface area contributed by atoms with Crippen molar-refractivity contribution >= 4 is 34.7 Å². The van der Waals surface area contributed by atoms with E-state index in [-0.39, 0.29) is 11.5 Å². The summed E-state index contributed by atoms with van der Waals surface area (Å²) in [5.74, 6) is -3.00. The number of rotatable bonds is 8. The normalized spacial score (nSPS) is 10.2. The van der Waals surface area contributed by atoms with E-state index in [1.165, 1.54) is 18.2 Å². The van der Waals surface area contributed by atoms with Crippen LogP contribution >= 0.6 is 0 Å². The van der Waals surface area contributed by atoms with Gasteiger partial charge in [-0.25, -0.2) is 9.59 Å². The van der Waals surface area contributed by atoms with Crippen LogP contribution in [-0.4, -0.2) is 31.6 Å². The summed E-state index contributed by atoms with van der Waals surface area (Å²) in [7, 11) is 0.